The zero-order valence-corrected chi connectivity index (χ0v) is 9.00. The molecular formula is C9H10ClNOS. The SMILES string of the molecule is CSc1cc(C(C)=O)c(N)cc1Cl. The molecule has 1 aromatic rings. The van der Waals surface area contributed by atoms with Gasteiger partial charge in [0, 0.05) is 16.1 Å². The molecule has 13 heavy (non-hydrogen) atoms. The average molecular weight is 216 g/mol. The van der Waals surface area contributed by atoms with Crippen molar-refractivity contribution in [3.05, 3.63) is 22.7 Å². The molecule has 0 aliphatic rings. The molecule has 0 aliphatic carbocycles. The zero-order valence-electron chi connectivity index (χ0n) is 7.43. The topological polar surface area (TPSA) is 43.1 Å². The van der Waals surface area contributed by atoms with E-state index in [4.69, 9.17) is 17.3 Å². The first kappa shape index (κ1) is 10.4. The van der Waals surface area contributed by atoms with Crippen molar-refractivity contribution in [1.29, 1.82) is 0 Å². The number of rotatable bonds is 2. The highest BCUT2D eigenvalue weighted by Crippen LogP contribution is 2.29. The van der Waals surface area contributed by atoms with Crippen LogP contribution in [0.1, 0.15) is 17.3 Å². The maximum absolute atomic E-state index is 11.1. The van der Waals surface area contributed by atoms with Crippen molar-refractivity contribution in [3.63, 3.8) is 0 Å². The Hall–Kier alpha value is -0.670. The molecule has 0 aliphatic heterocycles. The van der Waals surface area contributed by atoms with E-state index in [9.17, 15) is 4.79 Å². The van der Waals surface area contributed by atoms with Crippen molar-refractivity contribution in [2.45, 2.75) is 11.8 Å². The number of thioether (sulfide) groups is 1. The number of hydrogen-bond acceptors (Lipinski definition) is 3. The van der Waals surface area contributed by atoms with Crippen LogP contribution in [0.25, 0.3) is 0 Å². The second-order valence-electron chi connectivity index (χ2n) is 2.63. The molecule has 0 saturated heterocycles. The van der Waals surface area contributed by atoms with Gasteiger partial charge in [-0.25, -0.2) is 0 Å². The molecule has 0 radical (unpaired) electrons. The van der Waals surface area contributed by atoms with Crippen LogP contribution >= 0.6 is 23.4 Å². The summed E-state index contributed by atoms with van der Waals surface area (Å²) in [4.78, 5) is 12.0. The van der Waals surface area contributed by atoms with Gasteiger partial charge in [0.05, 0.1) is 5.02 Å². The van der Waals surface area contributed by atoms with Gasteiger partial charge in [0.15, 0.2) is 5.78 Å². The smallest absolute Gasteiger partial charge is 0.161 e. The molecule has 4 heteroatoms. The summed E-state index contributed by atoms with van der Waals surface area (Å²) < 4.78 is 0. The van der Waals surface area contributed by atoms with Crippen LogP contribution in [0.5, 0.6) is 0 Å². The van der Waals surface area contributed by atoms with Crippen LogP contribution in [-0.4, -0.2) is 12.0 Å². The summed E-state index contributed by atoms with van der Waals surface area (Å²) in [5.74, 6) is -0.0375. The van der Waals surface area contributed by atoms with Crippen LogP contribution < -0.4 is 5.73 Å². The fourth-order valence-electron chi connectivity index (χ4n) is 1.03. The van der Waals surface area contributed by atoms with E-state index in [0.29, 0.717) is 16.3 Å². The number of nitrogen functional groups attached to an aromatic ring is 1. The van der Waals surface area contributed by atoms with E-state index in [0.717, 1.165) is 4.90 Å². The largest absolute Gasteiger partial charge is 0.398 e. The van der Waals surface area contributed by atoms with Gasteiger partial charge in [0.25, 0.3) is 0 Å². The summed E-state index contributed by atoms with van der Waals surface area (Å²) in [6.45, 7) is 1.49. The van der Waals surface area contributed by atoms with E-state index >= 15 is 0 Å². The minimum absolute atomic E-state index is 0.0375. The quantitative estimate of drug-likeness (QED) is 0.469. The number of hydrogen-bond donors (Lipinski definition) is 1. The Morgan fingerprint density at radius 2 is 2.15 bits per heavy atom. The molecule has 0 aromatic heterocycles. The van der Waals surface area contributed by atoms with Gasteiger partial charge in [-0.1, -0.05) is 11.6 Å². The number of halogens is 1. The molecule has 0 atom stereocenters. The summed E-state index contributed by atoms with van der Waals surface area (Å²) in [7, 11) is 0. The van der Waals surface area contributed by atoms with Crippen molar-refractivity contribution in [3.8, 4) is 0 Å². The van der Waals surface area contributed by atoms with Crippen molar-refractivity contribution >= 4 is 34.8 Å². The highest BCUT2D eigenvalue weighted by molar-refractivity contribution is 7.98. The lowest BCUT2D eigenvalue weighted by Gasteiger charge is -2.06. The van der Waals surface area contributed by atoms with Gasteiger partial charge in [-0.05, 0) is 25.3 Å². The maximum Gasteiger partial charge on any atom is 0.161 e. The number of anilines is 1. The number of carbonyl (C=O) groups is 1. The van der Waals surface area contributed by atoms with E-state index in [1.165, 1.54) is 18.7 Å². The Balaban J connectivity index is 3.30. The van der Waals surface area contributed by atoms with E-state index in [1.807, 2.05) is 6.26 Å². The van der Waals surface area contributed by atoms with Gasteiger partial charge in [-0.2, -0.15) is 0 Å². The third-order valence-electron chi connectivity index (χ3n) is 1.70. The molecule has 0 spiro atoms. The number of ketones is 1. The molecule has 2 nitrogen and oxygen atoms in total. The Labute approximate surface area is 86.5 Å². The average Bonchev–Trinajstić information content (AvgIpc) is 2.03. The number of Topliss-reactive ketones (excluding diaryl/α,β-unsaturated/α-hetero) is 1. The van der Waals surface area contributed by atoms with Crippen LogP contribution in [-0.2, 0) is 0 Å². The van der Waals surface area contributed by atoms with Gasteiger partial charge in [-0.3, -0.25) is 4.79 Å². The summed E-state index contributed by atoms with van der Waals surface area (Å²) in [5.41, 5.74) is 6.61. The van der Waals surface area contributed by atoms with E-state index in [-0.39, 0.29) is 5.78 Å². The summed E-state index contributed by atoms with van der Waals surface area (Å²) in [6, 6.07) is 3.34. The van der Waals surface area contributed by atoms with Crippen LogP contribution in [0.15, 0.2) is 17.0 Å². The minimum Gasteiger partial charge on any atom is -0.398 e. The Morgan fingerprint density at radius 3 is 2.62 bits per heavy atom. The number of carbonyl (C=O) groups excluding carboxylic acids is 1. The molecular weight excluding hydrogens is 206 g/mol. The fraction of sp³-hybridized carbons (Fsp3) is 0.222. The Morgan fingerprint density at radius 1 is 1.54 bits per heavy atom. The molecule has 70 valence electrons. The lowest BCUT2D eigenvalue weighted by Crippen LogP contribution is -1.99. The zero-order chi connectivity index (χ0) is 10.0. The monoisotopic (exact) mass is 215 g/mol. The molecule has 1 rings (SSSR count). The predicted octanol–water partition coefficient (Wildman–Crippen LogP) is 2.85. The molecule has 0 unspecified atom stereocenters. The maximum atomic E-state index is 11.1. The van der Waals surface area contributed by atoms with Crippen LogP contribution in [0, 0.1) is 0 Å². The van der Waals surface area contributed by atoms with E-state index in [2.05, 4.69) is 0 Å². The molecule has 0 amide bonds. The first-order chi connectivity index (χ1) is 6.06. The van der Waals surface area contributed by atoms with Gasteiger partial charge in [0.2, 0.25) is 0 Å². The molecule has 0 bridgehead atoms. The molecule has 0 saturated carbocycles. The highest BCUT2D eigenvalue weighted by Gasteiger charge is 2.08. The highest BCUT2D eigenvalue weighted by atomic mass is 35.5. The molecule has 2 N–H and O–H groups in total. The third kappa shape index (κ3) is 2.17. The van der Waals surface area contributed by atoms with Crippen molar-refractivity contribution in [2.24, 2.45) is 0 Å². The fourth-order valence-corrected chi connectivity index (χ4v) is 1.92. The van der Waals surface area contributed by atoms with Gasteiger partial charge < -0.3 is 5.73 Å². The third-order valence-corrected chi connectivity index (χ3v) is 2.91. The van der Waals surface area contributed by atoms with Gasteiger partial charge >= 0.3 is 0 Å². The van der Waals surface area contributed by atoms with Crippen molar-refractivity contribution < 1.29 is 4.79 Å². The van der Waals surface area contributed by atoms with Crippen LogP contribution in [0.2, 0.25) is 5.02 Å². The Bertz CT molecular complexity index is 352. The molecule has 1 aromatic carbocycles. The summed E-state index contributed by atoms with van der Waals surface area (Å²) >= 11 is 7.39. The van der Waals surface area contributed by atoms with E-state index < -0.39 is 0 Å². The van der Waals surface area contributed by atoms with E-state index in [1.54, 1.807) is 12.1 Å². The first-order valence-corrected chi connectivity index (χ1v) is 5.30. The summed E-state index contributed by atoms with van der Waals surface area (Å²) in [6.07, 6.45) is 1.90. The van der Waals surface area contributed by atoms with Gasteiger partial charge in [-0.15, -0.1) is 11.8 Å². The normalized spacial score (nSPS) is 10.1. The lowest BCUT2D eigenvalue weighted by atomic mass is 10.1. The van der Waals surface area contributed by atoms with Crippen molar-refractivity contribution in [2.75, 3.05) is 12.0 Å². The van der Waals surface area contributed by atoms with Crippen LogP contribution in [0.4, 0.5) is 5.69 Å². The molecule has 0 fully saturated rings. The minimum atomic E-state index is -0.0375. The van der Waals surface area contributed by atoms with Crippen molar-refractivity contribution in [1.82, 2.24) is 0 Å². The second-order valence-corrected chi connectivity index (χ2v) is 3.89. The second kappa shape index (κ2) is 4.03. The first-order valence-electron chi connectivity index (χ1n) is 3.70. The standard InChI is InChI=1S/C9H10ClNOS/c1-5(12)6-3-9(13-2)7(10)4-8(6)11/h3-4H,11H2,1-2H3. The van der Waals surface area contributed by atoms with Crippen LogP contribution in [0.3, 0.4) is 0 Å². The predicted molar refractivity (Wildman–Crippen MR) is 57.6 cm³/mol. The van der Waals surface area contributed by atoms with Gasteiger partial charge in [0.1, 0.15) is 0 Å². The number of nitrogens with two attached hydrogens (primary N) is 1. The Kier molecular flexibility index (Phi) is 3.22. The lowest BCUT2D eigenvalue weighted by molar-refractivity contribution is 0.101. The summed E-state index contributed by atoms with van der Waals surface area (Å²) in [5, 5.41) is 0.593. The molecule has 0 heterocycles. The number of benzene rings is 1.